The van der Waals surface area contributed by atoms with Gasteiger partial charge >= 0.3 is 19.5 Å². The van der Waals surface area contributed by atoms with Crippen molar-refractivity contribution in [3.05, 3.63) is 97.1 Å². The Morgan fingerprint density at radius 3 is 1.56 bits per heavy atom. The van der Waals surface area contributed by atoms with Crippen LogP contribution in [0.4, 0.5) is 0 Å². The van der Waals surface area contributed by atoms with Gasteiger partial charge in [0.25, 0.3) is 0 Å². The van der Waals surface area contributed by atoms with Crippen LogP contribution in [0.2, 0.25) is 0 Å². The number of thiol groups is 1. The average molecular weight is 536 g/mol. The molecule has 0 amide bonds. The molecule has 0 bridgehead atoms. The number of para-hydroxylation sites is 5. The molecule has 0 atom stereocenters. The predicted octanol–water partition coefficient (Wildman–Crippen LogP) is 6.33. The van der Waals surface area contributed by atoms with E-state index in [4.69, 9.17) is 21.5 Å². The Balaban J connectivity index is 0.000000180. The van der Waals surface area contributed by atoms with Crippen molar-refractivity contribution in [3.63, 3.8) is 0 Å². The maximum Gasteiger partial charge on any atom is 2.00 e. The molecule has 0 saturated heterocycles. The number of rotatable bonds is 2. The van der Waals surface area contributed by atoms with Crippen LogP contribution in [0.1, 0.15) is 0 Å². The molecule has 0 aliphatic heterocycles. The van der Waals surface area contributed by atoms with Crippen LogP contribution in [0.5, 0.6) is 5.75 Å². The standard InChI is InChI=1S/C13H9NO2.C13H9NOS.H2S.Zn/c15-11-7-3-1-5-9(11)13-14-10-6-2-4-8-12(10)16-13;16-12-8-4-1-5-9(12)13-14-10-6-2-3-7-11(10)15-13;;/h1-8,15H;1-8,16H;1H2;/q;;;+2/p-2. The van der Waals surface area contributed by atoms with Gasteiger partial charge in [0.15, 0.2) is 11.2 Å². The Bertz CT molecular complexity index is 1350. The van der Waals surface area contributed by atoms with Crippen molar-refractivity contribution in [2.75, 3.05) is 0 Å². The van der Waals surface area contributed by atoms with Crippen LogP contribution in [0, 0.1) is 0 Å². The zero-order valence-corrected chi connectivity index (χ0v) is 22.6. The number of nitrogens with zero attached hydrogens (tertiary/aromatic N) is 2. The van der Waals surface area contributed by atoms with Crippen molar-refractivity contribution in [1.82, 2.24) is 9.97 Å². The van der Waals surface area contributed by atoms with Crippen LogP contribution >= 0.6 is 0 Å². The van der Waals surface area contributed by atoms with E-state index in [-0.39, 0.29) is 38.7 Å². The molecule has 4 aromatic carbocycles. The van der Waals surface area contributed by atoms with E-state index < -0.39 is 0 Å². The molecular weight excluding hydrogens is 518 g/mol. The van der Waals surface area contributed by atoms with Crippen molar-refractivity contribution in [3.8, 4) is 28.7 Å². The van der Waals surface area contributed by atoms with Gasteiger partial charge in [0.1, 0.15) is 16.8 Å². The summed E-state index contributed by atoms with van der Waals surface area (Å²) in [6.45, 7) is 0. The van der Waals surface area contributed by atoms with Crippen molar-refractivity contribution in [2.45, 2.75) is 4.90 Å². The molecule has 6 aromatic rings. The van der Waals surface area contributed by atoms with Gasteiger partial charge in [0, 0.05) is 5.56 Å². The van der Waals surface area contributed by atoms with Crippen LogP contribution in [-0.2, 0) is 45.6 Å². The van der Waals surface area contributed by atoms with Gasteiger partial charge in [-0.3, -0.25) is 0 Å². The maximum atomic E-state index is 9.69. The monoisotopic (exact) mass is 534 g/mol. The van der Waals surface area contributed by atoms with Crippen LogP contribution in [0.25, 0.3) is 45.1 Å². The van der Waals surface area contributed by atoms with E-state index in [1.165, 1.54) is 0 Å². The van der Waals surface area contributed by atoms with E-state index in [0.29, 0.717) is 17.3 Å². The maximum absolute atomic E-state index is 9.69. The van der Waals surface area contributed by atoms with Gasteiger partial charge in [-0.05, 0) is 36.4 Å². The zero-order chi connectivity index (χ0) is 21.9. The minimum absolute atomic E-state index is 0. The van der Waals surface area contributed by atoms with E-state index in [1.54, 1.807) is 18.2 Å². The van der Waals surface area contributed by atoms with Crippen molar-refractivity contribution >= 4 is 48.3 Å². The number of fused-ring (bicyclic) bond motifs is 2. The molecule has 8 heteroatoms. The Hall–Kier alpha value is -3.19. The van der Waals surface area contributed by atoms with Gasteiger partial charge in [-0.2, -0.15) is 4.90 Å². The first-order valence-electron chi connectivity index (χ1n) is 9.95. The smallest absolute Gasteiger partial charge is 0.813 e. The summed E-state index contributed by atoms with van der Waals surface area (Å²) in [7, 11) is 0. The largest absolute Gasteiger partial charge is 2.00 e. The van der Waals surface area contributed by atoms with Crippen LogP contribution in [-0.4, -0.2) is 15.1 Å². The summed E-state index contributed by atoms with van der Waals surface area (Å²) in [6, 6.07) is 29.9. The zero-order valence-electron chi connectivity index (χ0n) is 18.0. The molecule has 0 aliphatic rings. The molecule has 5 nitrogen and oxygen atoms in total. The quantitative estimate of drug-likeness (QED) is 0.158. The molecule has 0 saturated carbocycles. The number of oxazole rings is 2. The second-order valence-corrected chi connectivity index (χ2v) is 7.43. The van der Waals surface area contributed by atoms with E-state index in [9.17, 15) is 5.11 Å². The molecule has 0 radical (unpaired) electrons. The Labute approximate surface area is 221 Å². The first-order chi connectivity index (χ1) is 15.7. The predicted molar refractivity (Wildman–Crippen MR) is 135 cm³/mol. The van der Waals surface area contributed by atoms with Crippen LogP contribution < -0.4 is 0 Å². The van der Waals surface area contributed by atoms with Gasteiger partial charge in [0.2, 0.25) is 11.8 Å². The average Bonchev–Trinajstić information content (AvgIpc) is 3.44. The van der Waals surface area contributed by atoms with Gasteiger partial charge in [-0.15, -0.1) is 0 Å². The number of phenolic OH excluding ortho intramolecular Hbond substituents is 1. The van der Waals surface area contributed by atoms with E-state index in [0.717, 1.165) is 32.7 Å². The van der Waals surface area contributed by atoms with Gasteiger partial charge < -0.3 is 40.1 Å². The van der Waals surface area contributed by atoms with E-state index in [1.807, 2.05) is 78.9 Å². The van der Waals surface area contributed by atoms with Crippen LogP contribution in [0.15, 0.2) is 111 Å². The molecule has 34 heavy (non-hydrogen) atoms. The molecule has 0 aliphatic carbocycles. The molecule has 0 spiro atoms. The molecule has 164 valence electrons. The SMILES string of the molecule is Oc1ccccc1-c1nc2ccccc2o1.[S-]c1ccccc1-c1nc2ccccc2o1.[SH-].[Zn+2]. The van der Waals surface area contributed by atoms with E-state index in [2.05, 4.69) is 9.97 Å². The van der Waals surface area contributed by atoms with Crippen molar-refractivity contribution in [1.29, 1.82) is 0 Å². The molecule has 2 aromatic heterocycles. The summed E-state index contributed by atoms with van der Waals surface area (Å²) < 4.78 is 11.2. The summed E-state index contributed by atoms with van der Waals surface area (Å²) in [5.41, 5.74) is 4.64. The second kappa shape index (κ2) is 11.3. The van der Waals surface area contributed by atoms with Gasteiger partial charge in [-0.1, -0.05) is 60.7 Å². The first kappa shape index (κ1) is 25.4. The summed E-state index contributed by atoms with van der Waals surface area (Å²) in [6.07, 6.45) is 0. The fourth-order valence-corrected chi connectivity index (χ4v) is 3.51. The number of phenols is 1. The van der Waals surface area contributed by atoms with Crippen LogP contribution in [0.3, 0.4) is 0 Å². The number of hydrogen-bond donors (Lipinski definition) is 1. The first-order valence-corrected chi connectivity index (χ1v) is 10.4. The van der Waals surface area contributed by atoms with Crippen molar-refractivity contribution < 1.29 is 33.4 Å². The normalized spacial score (nSPS) is 10.1. The Morgan fingerprint density at radius 2 is 1.03 bits per heavy atom. The number of aromatic hydroxyl groups is 1. The molecule has 1 N–H and O–H groups in total. The Kier molecular flexibility index (Phi) is 8.45. The third kappa shape index (κ3) is 5.31. The van der Waals surface area contributed by atoms with Crippen molar-refractivity contribution in [2.24, 2.45) is 0 Å². The summed E-state index contributed by atoms with van der Waals surface area (Å²) in [5, 5.41) is 9.69. The molecule has 0 unspecified atom stereocenters. The minimum atomic E-state index is 0. The van der Waals surface area contributed by atoms with E-state index >= 15 is 0 Å². The summed E-state index contributed by atoms with van der Waals surface area (Å²) in [5.74, 6) is 1.21. The third-order valence-electron chi connectivity index (χ3n) is 4.84. The minimum Gasteiger partial charge on any atom is -0.813 e. The fraction of sp³-hybridized carbons (Fsp3) is 0. The summed E-state index contributed by atoms with van der Waals surface area (Å²) in [4.78, 5) is 9.49. The Morgan fingerprint density at radius 1 is 0.588 bits per heavy atom. The third-order valence-corrected chi connectivity index (χ3v) is 5.20. The van der Waals surface area contributed by atoms with Gasteiger partial charge in [-0.25, -0.2) is 9.97 Å². The number of aromatic nitrogens is 2. The number of benzene rings is 4. The topological polar surface area (TPSA) is 72.3 Å². The molecule has 0 fully saturated rings. The fourth-order valence-electron chi connectivity index (χ4n) is 3.27. The summed E-state index contributed by atoms with van der Waals surface area (Å²) >= 11 is 5.24. The molecule has 2 heterocycles. The van der Waals surface area contributed by atoms with Gasteiger partial charge in [0.05, 0.1) is 5.56 Å². The number of hydrogen-bond acceptors (Lipinski definition) is 7. The molecule has 6 rings (SSSR count). The molecular formula is C26H18N2O3S2Zn. The second-order valence-electron chi connectivity index (χ2n) is 6.99.